The quantitative estimate of drug-likeness (QED) is 0.737. The van der Waals surface area contributed by atoms with Crippen molar-refractivity contribution in [2.75, 3.05) is 32.8 Å². The van der Waals surface area contributed by atoms with Crippen LogP contribution in [0.15, 0.2) is 0 Å². The predicted molar refractivity (Wildman–Crippen MR) is 69.5 cm³/mol. The molecule has 0 saturated carbocycles. The lowest BCUT2D eigenvalue weighted by Gasteiger charge is -2.43. The van der Waals surface area contributed by atoms with Crippen molar-refractivity contribution in [3.8, 4) is 0 Å². The highest BCUT2D eigenvalue weighted by molar-refractivity contribution is 5.95. The first-order valence-electron chi connectivity index (χ1n) is 7.41. The van der Waals surface area contributed by atoms with E-state index >= 15 is 0 Å². The van der Waals surface area contributed by atoms with E-state index in [2.05, 4.69) is 0 Å². The lowest BCUT2D eigenvalue weighted by molar-refractivity contribution is -0.158. The Morgan fingerprint density at radius 1 is 1.16 bits per heavy atom. The van der Waals surface area contributed by atoms with Gasteiger partial charge in [-0.1, -0.05) is 0 Å². The van der Waals surface area contributed by atoms with E-state index in [9.17, 15) is 9.59 Å². The first-order valence-corrected chi connectivity index (χ1v) is 7.41. The van der Waals surface area contributed by atoms with Crippen LogP contribution in [0.5, 0.6) is 0 Å². The molecule has 3 rings (SSSR count). The number of piperidine rings is 1. The first kappa shape index (κ1) is 12.9. The summed E-state index contributed by atoms with van der Waals surface area (Å²) >= 11 is 0. The molecule has 0 aromatic heterocycles. The van der Waals surface area contributed by atoms with Crippen LogP contribution in [0.3, 0.4) is 0 Å². The molecule has 0 spiro atoms. The molecule has 3 fully saturated rings. The van der Waals surface area contributed by atoms with Crippen molar-refractivity contribution < 1.29 is 14.3 Å². The highest BCUT2D eigenvalue weighted by Gasteiger charge is 2.40. The summed E-state index contributed by atoms with van der Waals surface area (Å²) in [6.07, 6.45) is 5.09. The van der Waals surface area contributed by atoms with E-state index in [1.807, 2.05) is 0 Å². The third kappa shape index (κ3) is 2.61. The van der Waals surface area contributed by atoms with Crippen LogP contribution < -0.4 is 0 Å². The maximum Gasteiger partial charge on any atom is 0.245 e. The normalized spacial score (nSPS) is 32.4. The molecule has 0 bridgehead atoms. The van der Waals surface area contributed by atoms with Crippen molar-refractivity contribution in [1.82, 2.24) is 9.80 Å². The van der Waals surface area contributed by atoms with Crippen LogP contribution in [-0.4, -0.2) is 60.5 Å². The predicted octanol–water partition coefficient (Wildman–Crippen LogP) is 0.636. The number of hydrogen-bond acceptors (Lipinski definition) is 3. The van der Waals surface area contributed by atoms with Gasteiger partial charge in [-0.2, -0.15) is 0 Å². The van der Waals surface area contributed by atoms with Crippen LogP contribution in [0, 0.1) is 5.92 Å². The maximum absolute atomic E-state index is 12.5. The van der Waals surface area contributed by atoms with Crippen LogP contribution in [0.4, 0.5) is 0 Å². The van der Waals surface area contributed by atoms with Gasteiger partial charge in [-0.25, -0.2) is 0 Å². The Labute approximate surface area is 113 Å². The zero-order chi connectivity index (χ0) is 13.2. The Bertz CT molecular complexity index is 366. The van der Waals surface area contributed by atoms with E-state index < -0.39 is 0 Å². The number of rotatable bonds is 2. The number of piperazine rings is 1. The van der Waals surface area contributed by atoms with Crippen molar-refractivity contribution in [3.05, 3.63) is 0 Å². The number of amides is 2. The molecule has 0 aromatic carbocycles. The Balaban J connectivity index is 1.65. The Morgan fingerprint density at radius 3 is 2.84 bits per heavy atom. The lowest BCUT2D eigenvalue weighted by Crippen LogP contribution is -2.62. The minimum Gasteiger partial charge on any atom is -0.381 e. The molecule has 19 heavy (non-hydrogen) atoms. The second kappa shape index (κ2) is 5.49. The summed E-state index contributed by atoms with van der Waals surface area (Å²) in [5.41, 5.74) is 0. The fraction of sp³-hybridized carbons (Fsp3) is 0.857. The largest absolute Gasteiger partial charge is 0.381 e. The van der Waals surface area contributed by atoms with Gasteiger partial charge >= 0.3 is 0 Å². The molecule has 2 unspecified atom stereocenters. The summed E-state index contributed by atoms with van der Waals surface area (Å²) in [4.78, 5) is 28.2. The van der Waals surface area contributed by atoms with Crippen LogP contribution in [0.2, 0.25) is 0 Å². The van der Waals surface area contributed by atoms with Crippen molar-refractivity contribution in [3.63, 3.8) is 0 Å². The monoisotopic (exact) mass is 266 g/mol. The van der Waals surface area contributed by atoms with Gasteiger partial charge < -0.3 is 14.5 Å². The Morgan fingerprint density at radius 2 is 2.05 bits per heavy atom. The van der Waals surface area contributed by atoms with Gasteiger partial charge in [0.1, 0.15) is 6.04 Å². The molecular formula is C14H22N2O3. The van der Waals surface area contributed by atoms with Gasteiger partial charge in [0, 0.05) is 19.7 Å². The number of fused-ring (bicyclic) bond motifs is 1. The summed E-state index contributed by atoms with van der Waals surface area (Å²) in [6, 6.07) is -0.181. The second-order valence-electron chi connectivity index (χ2n) is 5.90. The average molecular weight is 266 g/mol. The molecule has 3 saturated heterocycles. The summed E-state index contributed by atoms with van der Waals surface area (Å²) < 4.78 is 5.46. The molecule has 0 radical (unpaired) electrons. The van der Waals surface area contributed by atoms with Crippen molar-refractivity contribution in [2.24, 2.45) is 5.92 Å². The molecule has 106 valence electrons. The molecular weight excluding hydrogens is 244 g/mol. The fourth-order valence-electron chi connectivity index (χ4n) is 3.45. The van der Waals surface area contributed by atoms with E-state index in [1.54, 1.807) is 9.80 Å². The maximum atomic E-state index is 12.5. The molecule has 5 heteroatoms. The molecule has 3 aliphatic heterocycles. The summed E-state index contributed by atoms with van der Waals surface area (Å²) in [5, 5.41) is 0. The standard InChI is InChI=1S/C14H22N2O3/c17-13-9-15(8-11-4-3-7-19-10-11)14(18)12-5-1-2-6-16(12)13/h11-12H,1-10H2. The van der Waals surface area contributed by atoms with Crippen molar-refractivity contribution in [2.45, 2.75) is 38.1 Å². The molecule has 5 nitrogen and oxygen atoms in total. The number of hydrogen-bond donors (Lipinski definition) is 0. The zero-order valence-electron chi connectivity index (χ0n) is 11.3. The van der Waals surface area contributed by atoms with Gasteiger partial charge in [-0.05, 0) is 38.0 Å². The van der Waals surface area contributed by atoms with Crippen LogP contribution >= 0.6 is 0 Å². The minimum absolute atomic E-state index is 0.126. The number of ether oxygens (including phenoxy) is 1. The fourth-order valence-corrected chi connectivity index (χ4v) is 3.45. The van der Waals surface area contributed by atoms with Gasteiger partial charge in [0.25, 0.3) is 0 Å². The molecule has 3 heterocycles. The molecule has 0 aromatic rings. The van der Waals surface area contributed by atoms with Gasteiger partial charge in [0.05, 0.1) is 13.2 Å². The average Bonchev–Trinajstić information content (AvgIpc) is 2.46. The van der Waals surface area contributed by atoms with Crippen LogP contribution in [0.25, 0.3) is 0 Å². The number of nitrogens with zero attached hydrogens (tertiary/aromatic N) is 2. The number of carbonyl (C=O) groups excluding carboxylic acids is 2. The van der Waals surface area contributed by atoms with Gasteiger partial charge in [0.2, 0.25) is 11.8 Å². The third-order valence-electron chi connectivity index (χ3n) is 4.48. The first-order chi connectivity index (χ1) is 9.25. The second-order valence-corrected chi connectivity index (χ2v) is 5.90. The third-order valence-corrected chi connectivity index (χ3v) is 4.48. The smallest absolute Gasteiger partial charge is 0.245 e. The van der Waals surface area contributed by atoms with Crippen LogP contribution in [0.1, 0.15) is 32.1 Å². The summed E-state index contributed by atoms with van der Waals surface area (Å²) in [6.45, 7) is 3.28. The molecule has 0 aliphatic carbocycles. The SMILES string of the molecule is O=C1C2CCCCN2C(=O)CN1CC1CCCOC1. The minimum atomic E-state index is -0.181. The van der Waals surface area contributed by atoms with Gasteiger partial charge in [-0.15, -0.1) is 0 Å². The van der Waals surface area contributed by atoms with Crippen LogP contribution in [-0.2, 0) is 14.3 Å². The van der Waals surface area contributed by atoms with E-state index in [0.717, 1.165) is 51.9 Å². The van der Waals surface area contributed by atoms with Crippen molar-refractivity contribution in [1.29, 1.82) is 0 Å². The Hall–Kier alpha value is -1.10. The van der Waals surface area contributed by atoms with Gasteiger partial charge in [0.15, 0.2) is 0 Å². The molecule has 2 atom stereocenters. The Kier molecular flexibility index (Phi) is 3.73. The van der Waals surface area contributed by atoms with E-state index in [0.29, 0.717) is 12.5 Å². The van der Waals surface area contributed by atoms with Crippen molar-refractivity contribution >= 4 is 11.8 Å². The summed E-state index contributed by atoms with van der Waals surface area (Å²) in [7, 11) is 0. The summed E-state index contributed by atoms with van der Waals surface area (Å²) in [5.74, 6) is 0.687. The van der Waals surface area contributed by atoms with E-state index in [4.69, 9.17) is 4.74 Å². The van der Waals surface area contributed by atoms with E-state index in [1.165, 1.54) is 0 Å². The highest BCUT2D eigenvalue weighted by atomic mass is 16.5. The topological polar surface area (TPSA) is 49.9 Å². The highest BCUT2D eigenvalue weighted by Crippen LogP contribution is 2.24. The van der Waals surface area contributed by atoms with E-state index in [-0.39, 0.29) is 24.4 Å². The lowest BCUT2D eigenvalue weighted by atomic mass is 9.96. The molecule has 3 aliphatic rings. The number of carbonyl (C=O) groups is 2. The van der Waals surface area contributed by atoms with Gasteiger partial charge in [-0.3, -0.25) is 9.59 Å². The molecule has 2 amide bonds. The zero-order valence-corrected chi connectivity index (χ0v) is 11.3. The molecule has 0 N–H and O–H groups in total.